The number of unbranched alkanes of at least 4 members (excludes halogenated alkanes) is 15. The lowest BCUT2D eigenvalue weighted by Crippen LogP contribution is -2.27. The fourth-order valence-electron chi connectivity index (χ4n) is 6.80. The van der Waals surface area contributed by atoms with E-state index in [9.17, 15) is 4.57 Å². The van der Waals surface area contributed by atoms with E-state index in [2.05, 4.69) is 21.9 Å². The molecule has 3 atom stereocenters. The number of aromatic nitrogens is 4. The molecule has 0 aliphatic rings. The first-order valence-electron chi connectivity index (χ1n) is 21.9. The second-order valence-electron chi connectivity index (χ2n) is 15.3. The van der Waals surface area contributed by atoms with E-state index in [4.69, 9.17) is 23.3 Å². The Morgan fingerprint density at radius 1 is 0.632 bits per heavy atom. The van der Waals surface area contributed by atoms with Crippen LogP contribution in [-0.4, -0.2) is 57.9 Å². The van der Waals surface area contributed by atoms with Crippen LogP contribution >= 0.6 is 7.60 Å². The summed E-state index contributed by atoms with van der Waals surface area (Å²) in [4.78, 5) is 13.2. The van der Waals surface area contributed by atoms with Gasteiger partial charge in [-0.05, 0) is 30.9 Å². The lowest BCUT2D eigenvalue weighted by atomic mass is 10.0. The summed E-state index contributed by atoms with van der Waals surface area (Å²) in [5.74, 6) is 0. The molecule has 0 amide bonds. The largest absolute Gasteiger partial charge is 0.379 e. The van der Waals surface area contributed by atoms with Crippen LogP contribution in [0.25, 0.3) is 11.2 Å². The van der Waals surface area contributed by atoms with E-state index in [0.717, 1.165) is 40.8 Å². The van der Waals surface area contributed by atoms with Crippen molar-refractivity contribution >= 4 is 18.8 Å². The van der Waals surface area contributed by atoms with Crippen molar-refractivity contribution in [3.8, 4) is 0 Å². The van der Waals surface area contributed by atoms with Crippen molar-refractivity contribution in [1.82, 2.24) is 19.5 Å². The Hall–Kier alpha value is -2.98. The van der Waals surface area contributed by atoms with Crippen LogP contribution in [0.4, 0.5) is 0 Å². The van der Waals surface area contributed by atoms with E-state index in [0.29, 0.717) is 32.8 Å². The maximum atomic E-state index is 14.4. The molecule has 2 aromatic heterocycles. The van der Waals surface area contributed by atoms with E-state index in [-0.39, 0.29) is 25.7 Å². The fraction of sp³-hybridized carbons (Fsp3) is 0.630. The van der Waals surface area contributed by atoms with Crippen LogP contribution in [0.2, 0.25) is 0 Å². The Balaban J connectivity index is 1.21. The second-order valence-corrected chi connectivity index (χ2v) is 17.3. The van der Waals surface area contributed by atoms with Gasteiger partial charge in [0.25, 0.3) is 0 Å². The number of fused-ring (bicyclic) bond motifs is 1. The molecule has 11 heteroatoms. The van der Waals surface area contributed by atoms with Crippen molar-refractivity contribution in [2.45, 2.75) is 162 Å². The van der Waals surface area contributed by atoms with E-state index >= 15 is 0 Å². The van der Waals surface area contributed by atoms with E-state index in [1.54, 1.807) is 6.33 Å². The predicted octanol–water partition coefficient (Wildman–Crippen LogP) is 12.2. The Kier molecular flexibility index (Phi) is 23.3. The molecule has 10 nitrogen and oxygen atoms in total. The van der Waals surface area contributed by atoms with Crippen LogP contribution < -0.4 is 0 Å². The van der Waals surface area contributed by atoms with Gasteiger partial charge in [-0.25, -0.2) is 15.0 Å². The lowest BCUT2D eigenvalue weighted by molar-refractivity contribution is -0.0497. The molecule has 0 saturated carbocycles. The maximum Gasteiger partial charge on any atom is 0.356 e. The van der Waals surface area contributed by atoms with Crippen LogP contribution in [0.3, 0.4) is 0 Å². The number of benzene rings is 2. The molecule has 2 aromatic carbocycles. The van der Waals surface area contributed by atoms with Crippen LogP contribution in [0.1, 0.15) is 140 Å². The van der Waals surface area contributed by atoms with Gasteiger partial charge in [0, 0.05) is 6.61 Å². The van der Waals surface area contributed by atoms with Crippen LogP contribution in [-0.2, 0) is 47.6 Å². The first-order chi connectivity index (χ1) is 28.0. The highest BCUT2D eigenvalue weighted by Crippen LogP contribution is 2.49. The normalized spacial score (nSPS) is 13.9. The zero-order chi connectivity index (χ0) is 40.2. The molecule has 0 radical (unpaired) electrons. The van der Waals surface area contributed by atoms with Gasteiger partial charge in [-0.2, -0.15) is 0 Å². The number of aryl methyl sites for hydroxylation is 1. The van der Waals surface area contributed by atoms with Crippen molar-refractivity contribution in [1.29, 1.82) is 0 Å². The van der Waals surface area contributed by atoms with Crippen molar-refractivity contribution in [2.24, 2.45) is 0 Å². The highest BCUT2D eigenvalue weighted by atomic mass is 31.2. The summed E-state index contributed by atoms with van der Waals surface area (Å²) in [5, 5.41) is 0. The quantitative estimate of drug-likeness (QED) is 0.0337. The third-order valence-corrected chi connectivity index (χ3v) is 11.9. The second kappa shape index (κ2) is 28.4. The average molecular weight is 807 g/mol. The minimum Gasteiger partial charge on any atom is -0.379 e. The van der Waals surface area contributed by atoms with Crippen molar-refractivity contribution in [3.05, 3.63) is 90.1 Å². The maximum absolute atomic E-state index is 14.4. The Labute approximate surface area is 343 Å². The van der Waals surface area contributed by atoms with Gasteiger partial charge in [0.15, 0.2) is 5.65 Å². The summed E-state index contributed by atoms with van der Waals surface area (Å²) in [7, 11) is -3.73. The lowest BCUT2D eigenvalue weighted by Gasteiger charge is -2.25. The van der Waals surface area contributed by atoms with E-state index in [1.807, 2.05) is 79.1 Å². The van der Waals surface area contributed by atoms with Gasteiger partial charge >= 0.3 is 7.60 Å². The van der Waals surface area contributed by atoms with Gasteiger partial charge in [0.05, 0.1) is 51.1 Å². The van der Waals surface area contributed by atoms with E-state index in [1.165, 1.54) is 96.2 Å². The fourth-order valence-corrected chi connectivity index (χ4v) is 8.16. The standard InChI is InChI=1S/C46H71N4O6P/c1-4-6-7-8-9-10-11-12-13-14-15-16-17-18-19-26-31-52-35-44(53-33-41-27-22-20-23-28-41)36-56-57(51,55-34-42-29-24-21-25-30-42)39-54-43(5-2)32-50-38-49-45-40(3)47-37-48-46(45)50/h20-25,27-30,37-38,43-44H,4-19,26,31-36,39H2,1-3H3/t43-,44+,57?/m1/s1. The molecular formula is C46H71N4O6P. The molecule has 1 unspecified atom stereocenters. The summed E-state index contributed by atoms with van der Waals surface area (Å²) < 4.78 is 47.3. The monoisotopic (exact) mass is 807 g/mol. The van der Waals surface area contributed by atoms with Gasteiger partial charge in [-0.1, -0.05) is 171 Å². The van der Waals surface area contributed by atoms with Crippen LogP contribution in [0, 0.1) is 6.92 Å². The molecule has 4 aromatic rings. The summed E-state index contributed by atoms with van der Waals surface area (Å²) in [6, 6.07) is 19.7. The average Bonchev–Trinajstić information content (AvgIpc) is 3.66. The third kappa shape index (κ3) is 19.1. The molecule has 0 aliphatic carbocycles. The summed E-state index contributed by atoms with van der Waals surface area (Å²) in [6.45, 7) is 8.26. The summed E-state index contributed by atoms with van der Waals surface area (Å²) in [6.07, 6.45) is 24.4. The Morgan fingerprint density at radius 2 is 1.21 bits per heavy atom. The first kappa shape index (κ1) is 46.7. The SMILES string of the molecule is CCCCCCCCCCCCCCCCCCOC[C@@H](COP(=O)(CO[C@H](CC)Cn1cnc2c(C)ncnc21)OCc1ccccc1)OCc1ccccc1. The van der Waals surface area contributed by atoms with Crippen molar-refractivity contribution in [3.63, 3.8) is 0 Å². The molecule has 4 rings (SSSR count). The molecule has 0 aliphatic heterocycles. The highest BCUT2D eigenvalue weighted by molar-refractivity contribution is 7.53. The van der Waals surface area contributed by atoms with Gasteiger partial charge in [0.1, 0.15) is 24.3 Å². The molecule has 0 saturated heterocycles. The van der Waals surface area contributed by atoms with Crippen LogP contribution in [0.15, 0.2) is 73.3 Å². The third-order valence-electron chi connectivity index (χ3n) is 10.4. The smallest absolute Gasteiger partial charge is 0.356 e. The molecule has 0 bridgehead atoms. The number of imidazole rings is 1. The van der Waals surface area contributed by atoms with Gasteiger partial charge < -0.3 is 27.8 Å². The molecular weight excluding hydrogens is 736 g/mol. The number of nitrogens with zero attached hydrogens (tertiary/aromatic N) is 4. The number of hydrogen-bond donors (Lipinski definition) is 0. The highest BCUT2D eigenvalue weighted by Gasteiger charge is 2.29. The van der Waals surface area contributed by atoms with Gasteiger partial charge in [-0.3, -0.25) is 4.57 Å². The molecule has 0 fully saturated rings. The molecule has 2 heterocycles. The van der Waals surface area contributed by atoms with Crippen molar-refractivity contribution in [2.75, 3.05) is 26.2 Å². The topological polar surface area (TPSA) is 107 Å². The van der Waals surface area contributed by atoms with Crippen molar-refractivity contribution < 1.29 is 27.8 Å². The molecule has 57 heavy (non-hydrogen) atoms. The minimum atomic E-state index is -3.73. The molecule has 316 valence electrons. The zero-order valence-corrected chi connectivity index (χ0v) is 36.1. The Morgan fingerprint density at radius 3 is 1.81 bits per heavy atom. The number of hydrogen-bond acceptors (Lipinski definition) is 9. The number of rotatable bonds is 34. The first-order valence-corrected chi connectivity index (χ1v) is 23.6. The van der Waals surface area contributed by atoms with Gasteiger partial charge in [-0.15, -0.1) is 0 Å². The van der Waals surface area contributed by atoms with E-state index < -0.39 is 13.7 Å². The predicted molar refractivity (Wildman–Crippen MR) is 230 cm³/mol. The molecule has 0 N–H and O–H groups in total. The zero-order valence-electron chi connectivity index (χ0n) is 35.2. The Bertz CT molecular complexity index is 1640. The summed E-state index contributed by atoms with van der Waals surface area (Å²) >= 11 is 0. The number of ether oxygens (including phenoxy) is 3. The van der Waals surface area contributed by atoms with Crippen LogP contribution in [0.5, 0.6) is 0 Å². The molecule has 0 spiro atoms. The summed E-state index contributed by atoms with van der Waals surface area (Å²) in [5.41, 5.74) is 4.25. The minimum absolute atomic E-state index is 0.0420. The van der Waals surface area contributed by atoms with Gasteiger partial charge in [0.2, 0.25) is 0 Å².